The highest BCUT2D eigenvalue weighted by atomic mass is 16.4. The van der Waals surface area contributed by atoms with Crippen LogP contribution < -0.4 is 0 Å². The fourth-order valence-corrected chi connectivity index (χ4v) is 2.07. The van der Waals surface area contributed by atoms with E-state index in [-0.39, 0.29) is 12.3 Å². The molecule has 0 fully saturated rings. The number of fused-ring (bicyclic) bond motifs is 1. The summed E-state index contributed by atoms with van der Waals surface area (Å²) in [5.74, 6) is -0.449. The molecule has 1 unspecified atom stereocenters. The first-order valence-corrected chi connectivity index (χ1v) is 5.57. The molecule has 1 N–H and O–H groups in total. The highest BCUT2D eigenvalue weighted by Gasteiger charge is 2.23. The Labute approximate surface area is 90.9 Å². The fourth-order valence-electron chi connectivity index (χ4n) is 2.07. The van der Waals surface area contributed by atoms with Gasteiger partial charge < -0.3 is 5.11 Å². The van der Waals surface area contributed by atoms with Crippen molar-refractivity contribution in [3.63, 3.8) is 0 Å². The Bertz CT molecular complexity index is 331. The molecule has 0 radical (unpaired) electrons. The SMILES string of the molecule is CC.O=C(O)CC1CCc2ccccc21. The average Bonchev–Trinajstić information content (AvgIpc) is 2.64. The lowest BCUT2D eigenvalue weighted by Gasteiger charge is -2.07. The molecule has 0 aromatic heterocycles. The molecule has 0 saturated heterocycles. The third kappa shape index (κ3) is 2.82. The van der Waals surface area contributed by atoms with E-state index in [0.717, 1.165) is 12.8 Å². The van der Waals surface area contributed by atoms with E-state index in [2.05, 4.69) is 12.1 Å². The van der Waals surface area contributed by atoms with Crippen LogP contribution in [0.1, 0.15) is 43.7 Å². The number of aryl methyl sites for hydroxylation is 1. The molecular formula is C13H18O2. The summed E-state index contributed by atoms with van der Waals surface area (Å²) in [6.07, 6.45) is 2.30. The Balaban J connectivity index is 0.000000531. The van der Waals surface area contributed by atoms with Gasteiger partial charge in [-0.1, -0.05) is 38.1 Å². The van der Waals surface area contributed by atoms with E-state index >= 15 is 0 Å². The molecule has 2 rings (SSSR count). The summed E-state index contributed by atoms with van der Waals surface area (Å²) < 4.78 is 0. The maximum absolute atomic E-state index is 10.6. The highest BCUT2D eigenvalue weighted by molar-refractivity contribution is 5.68. The van der Waals surface area contributed by atoms with Gasteiger partial charge in [0, 0.05) is 0 Å². The Morgan fingerprint density at radius 2 is 2.07 bits per heavy atom. The van der Waals surface area contributed by atoms with E-state index < -0.39 is 5.97 Å². The zero-order valence-corrected chi connectivity index (χ0v) is 9.36. The topological polar surface area (TPSA) is 37.3 Å². The zero-order chi connectivity index (χ0) is 11.3. The molecule has 0 saturated carbocycles. The van der Waals surface area contributed by atoms with Gasteiger partial charge in [-0.15, -0.1) is 0 Å². The molecule has 0 aliphatic heterocycles. The quantitative estimate of drug-likeness (QED) is 0.806. The molecule has 0 amide bonds. The first-order valence-electron chi connectivity index (χ1n) is 5.57. The predicted molar refractivity (Wildman–Crippen MR) is 61.1 cm³/mol. The number of hydrogen-bond acceptors (Lipinski definition) is 1. The van der Waals surface area contributed by atoms with E-state index in [1.54, 1.807) is 0 Å². The van der Waals surface area contributed by atoms with Crippen LogP contribution in [0.3, 0.4) is 0 Å². The van der Waals surface area contributed by atoms with E-state index in [9.17, 15) is 4.79 Å². The van der Waals surface area contributed by atoms with E-state index in [0.29, 0.717) is 0 Å². The molecule has 82 valence electrons. The van der Waals surface area contributed by atoms with Crippen LogP contribution in [0.5, 0.6) is 0 Å². The van der Waals surface area contributed by atoms with E-state index in [4.69, 9.17) is 5.11 Å². The maximum Gasteiger partial charge on any atom is 0.303 e. The minimum absolute atomic E-state index is 0.244. The van der Waals surface area contributed by atoms with Crippen molar-refractivity contribution in [3.05, 3.63) is 35.4 Å². The van der Waals surface area contributed by atoms with Gasteiger partial charge in [0.2, 0.25) is 0 Å². The number of carboxylic acid groups (broad SMARTS) is 1. The minimum Gasteiger partial charge on any atom is -0.481 e. The number of rotatable bonds is 2. The Kier molecular flexibility index (Phi) is 4.35. The second-order valence-electron chi connectivity index (χ2n) is 3.53. The molecule has 1 aromatic carbocycles. The van der Waals surface area contributed by atoms with Gasteiger partial charge in [-0.25, -0.2) is 0 Å². The van der Waals surface area contributed by atoms with Gasteiger partial charge >= 0.3 is 5.97 Å². The normalized spacial score (nSPS) is 17.6. The first kappa shape index (κ1) is 11.8. The summed E-state index contributed by atoms with van der Waals surface area (Å²) in [7, 11) is 0. The lowest BCUT2D eigenvalue weighted by Crippen LogP contribution is -2.02. The minimum atomic E-state index is -0.693. The van der Waals surface area contributed by atoms with Gasteiger partial charge in [-0.3, -0.25) is 4.79 Å². The summed E-state index contributed by atoms with van der Waals surface area (Å²) in [5, 5.41) is 8.70. The number of hydrogen-bond donors (Lipinski definition) is 1. The van der Waals surface area contributed by atoms with Gasteiger partial charge in [0.05, 0.1) is 6.42 Å². The van der Waals surface area contributed by atoms with Crippen molar-refractivity contribution in [2.24, 2.45) is 0 Å². The lowest BCUT2D eigenvalue weighted by atomic mass is 9.98. The maximum atomic E-state index is 10.6. The van der Waals surface area contributed by atoms with Crippen LogP contribution >= 0.6 is 0 Å². The van der Waals surface area contributed by atoms with Crippen molar-refractivity contribution < 1.29 is 9.90 Å². The molecule has 2 heteroatoms. The molecule has 15 heavy (non-hydrogen) atoms. The van der Waals surface area contributed by atoms with Gasteiger partial charge in [0.15, 0.2) is 0 Å². The summed E-state index contributed by atoms with van der Waals surface area (Å²) in [6.45, 7) is 4.00. The van der Waals surface area contributed by atoms with Crippen LogP contribution in [0, 0.1) is 0 Å². The van der Waals surface area contributed by atoms with Gasteiger partial charge in [0.1, 0.15) is 0 Å². The standard InChI is InChI=1S/C11H12O2.C2H6/c12-11(13)7-9-6-5-8-3-1-2-4-10(8)9;1-2/h1-4,9H,5-7H2,(H,12,13);1-2H3. The van der Waals surface area contributed by atoms with Crippen LogP contribution in [0.25, 0.3) is 0 Å². The molecular weight excluding hydrogens is 188 g/mol. The highest BCUT2D eigenvalue weighted by Crippen LogP contribution is 2.34. The number of carbonyl (C=O) groups is 1. The van der Waals surface area contributed by atoms with Crippen molar-refractivity contribution in [1.29, 1.82) is 0 Å². The van der Waals surface area contributed by atoms with E-state index in [1.807, 2.05) is 26.0 Å². The van der Waals surface area contributed by atoms with Crippen LogP contribution in [0.4, 0.5) is 0 Å². The number of aliphatic carboxylic acids is 1. The molecule has 0 spiro atoms. The summed E-state index contributed by atoms with van der Waals surface area (Å²) in [6, 6.07) is 8.15. The van der Waals surface area contributed by atoms with Crippen molar-refractivity contribution in [2.45, 2.75) is 39.0 Å². The molecule has 0 heterocycles. The Hall–Kier alpha value is -1.31. The van der Waals surface area contributed by atoms with Crippen LogP contribution in [0.15, 0.2) is 24.3 Å². The molecule has 1 aromatic rings. The van der Waals surface area contributed by atoms with Crippen LogP contribution in [-0.2, 0) is 11.2 Å². The smallest absolute Gasteiger partial charge is 0.303 e. The van der Waals surface area contributed by atoms with Gasteiger partial charge in [-0.05, 0) is 29.9 Å². The third-order valence-electron chi connectivity index (χ3n) is 2.68. The van der Waals surface area contributed by atoms with Crippen molar-refractivity contribution in [3.8, 4) is 0 Å². The molecule has 1 aliphatic rings. The largest absolute Gasteiger partial charge is 0.481 e. The first-order chi connectivity index (χ1) is 7.27. The number of carboxylic acids is 1. The average molecular weight is 206 g/mol. The van der Waals surface area contributed by atoms with Crippen molar-refractivity contribution >= 4 is 5.97 Å². The predicted octanol–water partition coefficient (Wildman–Crippen LogP) is 3.22. The lowest BCUT2D eigenvalue weighted by molar-refractivity contribution is -0.137. The summed E-state index contributed by atoms with van der Waals surface area (Å²) in [5.41, 5.74) is 2.57. The van der Waals surface area contributed by atoms with Crippen LogP contribution in [0.2, 0.25) is 0 Å². The monoisotopic (exact) mass is 206 g/mol. The van der Waals surface area contributed by atoms with Crippen molar-refractivity contribution in [2.75, 3.05) is 0 Å². The number of benzene rings is 1. The Morgan fingerprint density at radius 1 is 1.40 bits per heavy atom. The zero-order valence-electron chi connectivity index (χ0n) is 9.36. The molecule has 1 atom stereocenters. The Morgan fingerprint density at radius 3 is 2.73 bits per heavy atom. The third-order valence-corrected chi connectivity index (χ3v) is 2.68. The fraction of sp³-hybridized carbons (Fsp3) is 0.462. The van der Waals surface area contributed by atoms with Gasteiger partial charge in [0.25, 0.3) is 0 Å². The summed E-state index contributed by atoms with van der Waals surface area (Å²) in [4.78, 5) is 10.6. The van der Waals surface area contributed by atoms with Crippen molar-refractivity contribution in [1.82, 2.24) is 0 Å². The van der Waals surface area contributed by atoms with Crippen LogP contribution in [-0.4, -0.2) is 11.1 Å². The second-order valence-corrected chi connectivity index (χ2v) is 3.53. The molecule has 2 nitrogen and oxygen atoms in total. The van der Waals surface area contributed by atoms with E-state index in [1.165, 1.54) is 11.1 Å². The second kappa shape index (κ2) is 5.54. The summed E-state index contributed by atoms with van der Waals surface area (Å²) >= 11 is 0. The molecule has 0 bridgehead atoms. The van der Waals surface area contributed by atoms with Gasteiger partial charge in [-0.2, -0.15) is 0 Å². The molecule has 1 aliphatic carbocycles.